The van der Waals surface area contributed by atoms with Gasteiger partial charge in [-0.3, -0.25) is 0 Å². The van der Waals surface area contributed by atoms with Crippen LogP contribution < -0.4 is 5.32 Å². The van der Waals surface area contributed by atoms with Crippen molar-refractivity contribution in [1.82, 2.24) is 5.32 Å². The Balaban J connectivity index is 3.67. The molecular formula is C11H25NO2S. The fourth-order valence-corrected chi connectivity index (χ4v) is 2.60. The largest absolute Gasteiger partial charge is 0.394 e. The van der Waals surface area contributed by atoms with Gasteiger partial charge in [0.2, 0.25) is 0 Å². The van der Waals surface area contributed by atoms with Crippen LogP contribution in [0.4, 0.5) is 0 Å². The average molecular weight is 235 g/mol. The van der Waals surface area contributed by atoms with Gasteiger partial charge in [0.25, 0.3) is 0 Å². The molecule has 0 heterocycles. The van der Waals surface area contributed by atoms with Crippen LogP contribution in [-0.4, -0.2) is 49.0 Å². The third-order valence-corrected chi connectivity index (χ3v) is 3.85. The van der Waals surface area contributed by atoms with Crippen LogP contribution in [0.15, 0.2) is 0 Å². The highest BCUT2D eigenvalue weighted by molar-refractivity contribution is 7.99. The summed E-state index contributed by atoms with van der Waals surface area (Å²) in [6.07, 6.45) is 2.08. The van der Waals surface area contributed by atoms with Gasteiger partial charge in [0.05, 0.1) is 6.61 Å². The highest BCUT2D eigenvalue weighted by Crippen LogP contribution is 2.21. The number of methoxy groups -OCH3 is 1. The number of likely N-dealkylation sites (N-methyl/N-ethyl adjacent to an activating group) is 1. The van der Waals surface area contributed by atoms with E-state index in [2.05, 4.69) is 19.2 Å². The first-order chi connectivity index (χ1) is 7.08. The third kappa shape index (κ3) is 7.17. The molecule has 0 radical (unpaired) electrons. The zero-order valence-corrected chi connectivity index (χ0v) is 11.2. The number of ether oxygens (including phenoxy) is 1. The van der Waals surface area contributed by atoms with Crippen LogP contribution in [0.1, 0.15) is 26.7 Å². The van der Waals surface area contributed by atoms with Gasteiger partial charge in [0.15, 0.2) is 0 Å². The fourth-order valence-electron chi connectivity index (χ4n) is 1.43. The molecule has 0 aliphatic heterocycles. The van der Waals surface area contributed by atoms with Gasteiger partial charge in [0.1, 0.15) is 0 Å². The molecule has 0 rings (SSSR count). The lowest BCUT2D eigenvalue weighted by Gasteiger charge is -2.29. The molecule has 0 saturated heterocycles. The Morgan fingerprint density at radius 3 is 2.67 bits per heavy atom. The van der Waals surface area contributed by atoms with E-state index in [0.717, 1.165) is 25.2 Å². The molecule has 2 atom stereocenters. The van der Waals surface area contributed by atoms with Crippen LogP contribution in [0.3, 0.4) is 0 Å². The summed E-state index contributed by atoms with van der Waals surface area (Å²) in [6.45, 7) is 5.29. The van der Waals surface area contributed by atoms with E-state index in [1.54, 1.807) is 7.11 Å². The summed E-state index contributed by atoms with van der Waals surface area (Å²) in [5, 5.41) is 13.0. The normalized spacial score (nSPS) is 17.4. The molecule has 15 heavy (non-hydrogen) atoms. The van der Waals surface area contributed by atoms with E-state index in [-0.39, 0.29) is 12.1 Å². The molecule has 0 aromatic heterocycles. The summed E-state index contributed by atoms with van der Waals surface area (Å²) in [6, 6.07) is 0. The number of aliphatic hydroxyl groups excluding tert-OH is 1. The lowest BCUT2D eigenvalue weighted by atomic mass is 9.97. The van der Waals surface area contributed by atoms with E-state index >= 15 is 0 Å². The van der Waals surface area contributed by atoms with Crippen LogP contribution in [0.5, 0.6) is 0 Å². The Labute approximate surface area is 98.0 Å². The van der Waals surface area contributed by atoms with Gasteiger partial charge in [-0.2, -0.15) is 11.8 Å². The summed E-state index contributed by atoms with van der Waals surface area (Å²) >= 11 is 1.94. The second-order valence-corrected chi connectivity index (χ2v) is 5.75. The summed E-state index contributed by atoms with van der Waals surface area (Å²) in [4.78, 5) is 0. The van der Waals surface area contributed by atoms with Crippen LogP contribution in [-0.2, 0) is 4.74 Å². The second-order valence-electron chi connectivity index (χ2n) is 4.20. The average Bonchev–Trinajstić information content (AvgIpc) is 2.24. The quantitative estimate of drug-likeness (QED) is 0.594. The first-order valence-electron chi connectivity index (χ1n) is 5.48. The molecule has 4 heteroatoms. The number of hydrogen-bond acceptors (Lipinski definition) is 4. The first-order valence-corrected chi connectivity index (χ1v) is 6.53. The van der Waals surface area contributed by atoms with Crippen LogP contribution >= 0.6 is 11.8 Å². The molecule has 0 aliphatic carbocycles. The Hall–Kier alpha value is 0.230. The second kappa shape index (κ2) is 8.39. The van der Waals surface area contributed by atoms with E-state index in [9.17, 15) is 5.11 Å². The van der Waals surface area contributed by atoms with Gasteiger partial charge in [0, 0.05) is 24.5 Å². The number of hydrogen-bond donors (Lipinski definition) is 2. The summed E-state index contributed by atoms with van der Waals surface area (Å²) < 4.78 is 5.00. The number of rotatable bonds is 9. The lowest BCUT2D eigenvalue weighted by molar-refractivity contribution is 0.174. The molecule has 0 aromatic rings. The topological polar surface area (TPSA) is 41.5 Å². The standard InChI is InChI=1S/C11H25NO2S/c1-10(15-7-5-6-14-4)8-11(2,9-13)12-3/h10,12-13H,5-9H2,1-4H3. The van der Waals surface area contributed by atoms with Crippen molar-refractivity contribution in [2.75, 3.05) is 33.1 Å². The van der Waals surface area contributed by atoms with E-state index in [0.29, 0.717) is 5.25 Å². The molecule has 0 amide bonds. The van der Waals surface area contributed by atoms with Gasteiger partial charge in [-0.25, -0.2) is 0 Å². The molecule has 0 bridgehead atoms. The minimum Gasteiger partial charge on any atom is -0.394 e. The maximum absolute atomic E-state index is 9.25. The van der Waals surface area contributed by atoms with E-state index < -0.39 is 0 Å². The maximum atomic E-state index is 9.25. The zero-order chi connectivity index (χ0) is 11.7. The molecule has 92 valence electrons. The molecule has 0 aliphatic rings. The van der Waals surface area contributed by atoms with Crippen molar-refractivity contribution in [3.05, 3.63) is 0 Å². The van der Waals surface area contributed by atoms with Crippen molar-refractivity contribution in [2.24, 2.45) is 0 Å². The van der Waals surface area contributed by atoms with E-state index in [1.807, 2.05) is 18.8 Å². The highest BCUT2D eigenvalue weighted by atomic mass is 32.2. The predicted molar refractivity (Wildman–Crippen MR) is 67.6 cm³/mol. The van der Waals surface area contributed by atoms with Crippen molar-refractivity contribution in [3.63, 3.8) is 0 Å². The van der Waals surface area contributed by atoms with Crippen molar-refractivity contribution >= 4 is 11.8 Å². The molecule has 0 fully saturated rings. The molecule has 2 unspecified atom stereocenters. The number of aliphatic hydroxyl groups is 1. The first kappa shape index (κ1) is 15.2. The van der Waals surface area contributed by atoms with Gasteiger partial charge in [-0.05, 0) is 32.6 Å². The molecule has 0 spiro atoms. The van der Waals surface area contributed by atoms with E-state index in [4.69, 9.17) is 4.74 Å². The van der Waals surface area contributed by atoms with Crippen molar-refractivity contribution < 1.29 is 9.84 Å². The summed E-state index contributed by atoms with van der Waals surface area (Å²) in [5.74, 6) is 1.13. The summed E-state index contributed by atoms with van der Waals surface area (Å²) in [5.41, 5.74) is -0.145. The summed E-state index contributed by atoms with van der Waals surface area (Å²) in [7, 11) is 3.64. The van der Waals surface area contributed by atoms with Crippen LogP contribution in [0.2, 0.25) is 0 Å². The predicted octanol–water partition coefficient (Wildman–Crippen LogP) is 1.51. The van der Waals surface area contributed by atoms with Crippen molar-refractivity contribution in [3.8, 4) is 0 Å². The fraction of sp³-hybridized carbons (Fsp3) is 1.00. The molecule has 3 nitrogen and oxygen atoms in total. The van der Waals surface area contributed by atoms with Gasteiger partial charge < -0.3 is 15.2 Å². The monoisotopic (exact) mass is 235 g/mol. The molecule has 0 aromatic carbocycles. The Kier molecular flexibility index (Phi) is 8.52. The SMILES string of the molecule is CNC(C)(CO)CC(C)SCCCOC. The van der Waals surface area contributed by atoms with Crippen molar-refractivity contribution in [2.45, 2.75) is 37.5 Å². The van der Waals surface area contributed by atoms with Crippen LogP contribution in [0, 0.1) is 0 Å². The van der Waals surface area contributed by atoms with Gasteiger partial charge in [-0.15, -0.1) is 0 Å². The van der Waals surface area contributed by atoms with Crippen molar-refractivity contribution in [1.29, 1.82) is 0 Å². The lowest BCUT2D eigenvalue weighted by Crippen LogP contribution is -2.45. The maximum Gasteiger partial charge on any atom is 0.0610 e. The van der Waals surface area contributed by atoms with Gasteiger partial charge in [-0.1, -0.05) is 6.92 Å². The van der Waals surface area contributed by atoms with Crippen LogP contribution in [0.25, 0.3) is 0 Å². The number of nitrogens with one attached hydrogen (secondary N) is 1. The van der Waals surface area contributed by atoms with E-state index in [1.165, 1.54) is 0 Å². The number of thioether (sulfide) groups is 1. The Bertz CT molecular complexity index is 152. The highest BCUT2D eigenvalue weighted by Gasteiger charge is 2.23. The minimum absolute atomic E-state index is 0.145. The third-order valence-electron chi connectivity index (χ3n) is 2.59. The zero-order valence-electron chi connectivity index (χ0n) is 10.4. The smallest absolute Gasteiger partial charge is 0.0610 e. The van der Waals surface area contributed by atoms with Gasteiger partial charge >= 0.3 is 0 Å². The molecule has 2 N–H and O–H groups in total. The molecule has 0 saturated carbocycles. The molecular weight excluding hydrogens is 210 g/mol. The minimum atomic E-state index is -0.145. The Morgan fingerprint density at radius 1 is 1.53 bits per heavy atom. The Morgan fingerprint density at radius 2 is 2.20 bits per heavy atom.